The number of hydrogen-bond acceptors (Lipinski definition) is 7. The van der Waals surface area contributed by atoms with E-state index in [1.165, 1.54) is 0 Å². The Balaban J connectivity index is 2.06. The summed E-state index contributed by atoms with van der Waals surface area (Å²) in [4.78, 5) is 22.5. The van der Waals surface area contributed by atoms with Crippen LogP contribution in [0.2, 0.25) is 10.0 Å². The Bertz CT molecular complexity index is 1740. The first-order valence-corrected chi connectivity index (χ1v) is 14.3. The topological polar surface area (TPSA) is 120 Å². The lowest BCUT2D eigenvalue weighted by atomic mass is 9.98. The van der Waals surface area contributed by atoms with Gasteiger partial charge in [-0.3, -0.25) is 20.2 Å². The molecule has 0 aliphatic carbocycles. The van der Waals surface area contributed by atoms with Gasteiger partial charge >= 0.3 is 12.4 Å². The average Bonchev–Trinajstić information content (AvgIpc) is 2.97. The van der Waals surface area contributed by atoms with Gasteiger partial charge in [-0.15, -0.1) is 0 Å². The number of alkyl halides is 6. The lowest BCUT2D eigenvalue weighted by molar-refractivity contribution is -0.384. The third-order valence-corrected chi connectivity index (χ3v) is 7.37. The van der Waals surface area contributed by atoms with Gasteiger partial charge in [0.05, 0.1) is 32.1 Å². The fourth-order valence-corrected chi connectivity index (χ4v) is 5.32. The summed E-state index contributed by atoms with van der Waals surface area (Å²) in [6, 6.07) is 9.16. The smallest absolute Gasteiger partial charge is 0.416 e. The normalized spacial score (nSPS) is 11.7. The van der Waals surface area contributed by atoms with Crippen molar-refractivity contribution >= 4 is 46.0 Å². The van der Waals surface area contributed by atoms with E-state index in [-0.39, 0.29) is 58.2 Å². The molecule has 248 valence electrons. The van der Waals surface area contributed by atoms with Crippen LogP contribution in [0, 0.1) is 20.2 Å². The van der Waals surface area contributed by atoms with Crippen molar-refractivity contribution < 1.29 is 40.9 Å². The number of benzene rings is 4. The van der Waals surface area contributed by atoms with E-state index in [2.05, 4.69) is 10.6 Å². The van der Waals surface area contributed by atoms with Crippen LogP contribution in [-0.4, -0.2) is 22.9 Å². The van der Waals surface area contributed by atoms with Gasteiger partial charge in [0, 0.05) is 46.4 Å². The van der Waals surface area contributed by atoms with Crippen molar-refractivity contribution in [2.75, 3.05) is 23.7 Å². The predicted molar refractivity (Wildman–Crippen MR) is 165 cm³/mol. The Morgan fingerprint density at radius 2 is 1.02 bits per heavy atom. The van der Waals surface area contributed by atoms with Crippen molar-refractivity contribution in [3.8, 4) is 33.8 Å². The van der Waals surface area contributed by atoms with Crippen LogP contribution in [0.5, 0.6) is 11.5 Å². The number of nitrogens with one attached hydrogen (secondary N) is 2. The SMILES string of the molecule is CCNc1c([N+](=O)[O-])ccc(Oc2ccc([N+](=O)[O-])c(NCC)c2-c2ccc(C(F)(F)F)cc2Cl)c1-c1ccc(C(F)(F)F)cc1Cl. The van der Waals surface area contributed by atoms with E-state index in [1.807, 2.05) is 0 Å². The summed E-state index contributed by atoms with van der Waals surface area (Å²) in [7, 11) is 0. The Hall–Kier alpha value is -4.76. The highest BCUT2D eigenvalue weighted by atomic mass is 35.5. The molecule has 9 nitrogen and oxygen atoms in total. The highest BCUT2D eigenvalue weighted by molar-refractivity contribution is 6.34. The molecule has 0 saturated carbocycles. The molecule has 0 aromatic heterocycles. The molecule has 0 amide bonds. The van der Waals surface area contributed by atoms with Crippen LogP contribution in [-0.2, 0) is 12.4 Å². The van der Waals surface area contributed by atoms with E-state index in [4.69, 9.17) is 27.9 Å². The van der Waals surface area contributed by atoms with Crippen molar-refractivity contribution in [3.05, 3.63) is 102 Å². The van der Waals surface area contributed by atoms with Gasteiger partial charge in [-0.2, -0.15) is 26.3 Å². The van der Waals surface area contributed by atoms with E-state index < -0.39 is 54.7 Å². The summed E-state index contributed by atoms with van der Waals surface area (Å²) in [6.07, 6.45) is -9.52. The van der Waals surface area contributed by atoms with Gasteiger partial charge in [0.25, 0.3) is 11.4 Å². The number of ether oxygens (including phenoxy) is 1. The van der Waals surface area contributed by atoms with Gasteiger partial charge < -0.3 is 15.4 Å². The van der Waals surface area contributed by atoms with Gasteiger partial charge in [0.2, 0.25) is 0 Å². The molecule has 0 bridgehead atoms. The van der Waals surface area contributed by atoms with Crippen LogP contribution in [0.3, 0.4) is 0 Å². The maximum atomic E-state index is 13.4. The van der Waals surface area contributed by atoms with Crippen molar-refractivity contribution in [1.29, 1.82) is 0 Å². The lowest BCUT2D eigenvalue weighted by Crippen LogP contribution is -2.08. The molecule has 4 aromatic rings. The number of nitro groups is 2. The third-order valence-electron chi connectivity index (χ3n) is 6.74. The minimum absolute atomic E-state index is 0.0998. The third kappa shape index (κ3) is 7.30. The number of halogens is 8. The maximum Gasteiger partial charge on any atom is 0.416 e. The monoisotopic (exact) mass is 702 g/mol. The molecule has 0 unspecified atom stereocenters. The molecular formula is C30H22Cl2F6N4O5. The molecule has 4 aromatic carbocycles. The molecule has 0 aliphatic rings. The van der Waals surface area contributed by atoms with Crippen LogP contribution in [0.15, 0.2) is 60.7 Å². The Kier molecular flexibility index (Phi) is 10.1. The molecule has 4 rings (SSSR count). The van der Waals surface area contributed by atoms with Gasteiger partial charge in [-0.25, -0.2) is 0 Å². The summed E-state index contributed by atoms with van der Waals surface area (Å²) in [5, 5.41) is 28.7. The van der Waals surface area contributed by atoms with Gasteiger partial charge in [-0.1, -0.05) is 35.3 Å². The molecule has 0 spiro atoms. The van der Waals surface area contributed by atoms with E-state index in [1.54, 1.807) is 13.8 Å². The zero-order valence-corrected chi connectivity index (χ0v) is 25.7. The van der Waals surface area contributed by atoms with Crippen molar-refractivity contribution in [1.82, 2.24) is 0 Å². The number of nitro benzene ring substituents is 2. The van der Waals surface area contributed by atoms with E-state index in [9.17, 15) is 46.6 Å². The summed E-state index contributed by atoms with van der Waals surface area (Å²) >= 11 is 12.6. The van der Waals surface area contributed by atoms with Crippen LogP contribution < -0.4 is 15.4 Å². The molecule has 0 radical (unpaired) electrons. The number of hydrogen-bond donors (Lipinski definition) is 2. The van der Waals surface area contributed by atoms with Crippen molar-refractivity contribution in [2.24, 2.45) is 0 Å². The first-order chi connectivity index (χ1) is 22.0. The zero-order chi connectivity index (χ0) is 34.8. The van der Waals surface area contributed by atoms with Crippen LogP contribution in [0.4, 0.5) is 49.1 Å². The fourth-order valence-electron chi connectivity index (χ4n) is 4.77. The van der Waals surface area contributed by atoms with E-state index in [0.717, 1.165) is 48.5 Å². The number of nitrogens with zero attached hydrogens (tertiary/aromatic N) is 2. The largest absolute Gasteiger partial charge is 0.456 e. The number of anilines is 2. The van der Waals surface area contributed by atoms with Crippen molar-refractivity contribution in [2.45, 2.75) is 26.2 Å². The molecule has 0 saturated heterocycles. The van der Waals surface area contributed by atoms with Gasteiger partial charge in [-0.05, 0) is 50.2 Å². The second-order valence-corrected chi connectivity index (χ2v) is 10.5. The Labute approximate surface area is 272 Å². The van der Waals surface area contributed by atoms with Crippen LogP contribution in [0.1, 0.15) is 25.0 Å². The summed E-state index contributed by atoms with van der Waals surface area (Å²) < 4.78 is 86.9. The molecular weight excluding hydrogens is 681 g/mol. The van der Waals surface area contributed by atoms with E-state index >= 15 is 0 Å². The molecule has 0 fully saturated rings. The minimum Gasteiger partial charge on any atom is -0.456 e. The predicted octanol–water partition coefficient (Wildman–Crippen LogP) is 10.8. The van der Waals surface area contributed by atoms with Gasteiger partial charge in [0.1, 0.15) is 22.9 Å². The molecule has 0 atom stereocenters. The second kappa shape index (κ2) is 13.5. The minimum atomic E-state index is -4.76. The summed E-state index contributed by atoms with van der Waals surface area (Å²) in [6.45, 7) is 3.45. The maximum absolute atomic E-state index is 13.4. The van der Waals surface area contributed by atoms with Crippen LogP contribution in [0.25, 0.3) is 22.3 Å². The summed E-state index contributed by atoms with van der Waals surface area (Å²) in [5.74, 6) is -0.400. The highest BCUT2D eigenvalue weighted by Gasteiger charge is 2.34. The average molecular weight is 703 g/mol. The molecule has 17 heteroatoms. The molecule has 0 aliphatic heterocycles. The summed E-state index contributed by atoms with van der Waals surface area (Å²) in [5.41, 5.74) is -3.93. The second-order valence-electron chi connectivity index (χ2n) is 9.73. The fraction of sp³-hybridized carbons (Fsp3) is 0.200. The first-order valence-electron chi connectivity index (χ1n) is 13.5. The standard InChI is InChI=1S/C30H22Cl2F6N4O5/c1-3-39-27-21(41(43)44)9-11-23(25(27)17-7-5-15(13-19(17)31)29(33,34)35)47-24-12-10-22(42(45)46)28(40-4-2)26(24)18-8-6-16(14-20(18)32)30(36,37)38/h5-14,39-40H,3-4H2,1-2H3. The van der Waals surface area contributed by atoms with Gasteiger partial charge in [0.15, 0.2) is 0 Å². The highest BCUT2D eigenvalue weighted by Crippen LogP contribution is 2.51. The number of rotatable bonds is 10. The Morgan fingerprint density at radius 3 is 1.30 bits per heavy atom. The zero-order valence-electron chi connectivity index (χ0n) is 24.1. The lowest BCUT2D eigenvalue weighted by Gasteiger charge is -2.21. The van der Waals surface area contributed by atoms with Crippen molar-refractivity contribution in [3.63, 3.8) is 0 Å². The first kappa shape index (κ1) is 35.1. The molecule has 2 N–H and O–H groups in total. The van der Waals surface area contributed by atoms with Crippen LogP contribution >= 0.6 is 23.2 Å². The quantitative estimate of drug-likeness (QED) is 0.0958. The molecule has 0 heterocycles. The molecule has 47 heavy (non-hydrogen) atoms. The Morgan fingerprint density at radius 1 is 0.660 bits per heavy atom. The van der Waals surface area contributed by atoms with E-state index in [0.29, 0.717) is 12.1 Å².